The number of amides is 1. The minimum absolute atomic E-state index is 0.0584. The van der Waals surface area contributed by atoms with Gasteiger partial charge in [0.25, 0.3) is 0 Å². The van der Waals surface area contributed by atoms with Crippen LogP contribution in [0.4, 0.5) is 0 Å². The fourth-order valence-corrected chi connectivity index (χ4v) is 4.49. The number of carbonyl (C=O) groups excluding carboxylic acids is 1. The molecule has 7 nitrogen and oxygen atoms in total. The summed E-state index contributed by atoms with van der Waals surface area (Å²) >= 11 is 0. The topological polar surface area (TPSA) is 95.9 Å². The molecule has 2 aliphatic rings. The van der Waals surface area contributed by atoms with Gasteiger partial charge in [0.05, 0.1) is 24.1 Å². The van der Waals surface area contributed by atoms with Crippen LogP contribution in [0.2, 0.25) is 0 Å². The highest BCUT2D eigenvalue weighted by Gasteiger charge is 2.44. The van der Waals surface area contributed by atoms with Gasteiger partial charge < -0.3 is 14.7 Å². The van der Waals surface area contributed by atoms with Crippen molar-refractivity contribution in [1.29, 1.82) is 0 Å². The van der Waals surface area contributed by atoms with Crippen molar-refractivity contribution in [2.24, 2.45) is 0 Å². The molecule has 2 fully saturated rings. The molecule has 2 heterocycles. The van der Waals surface area contributed by atoms with Gasteiger partial charge in [0.2, 0.25) is 15.9 Å². The number of likely N-dealkylation sites (tertiary alicyclic amines) is 1. The van der Waals surface area contributed by atoms with Crippen molar-refractivity contribution in [2.45, 2.75) is 49.9 Å². The first kappa shape index (κ1) is 20.3. The summed E-state index contributed by atoms with van der Waals surface area (Å²) in [4.78, 5) is 14.1. The van der Waals surface area contributed by atoms with Gasteiger partial charge in [-0.25, -0.2) is 13.1 Å². The minimum Gasteiger partial charge on any atom is -0.393 e. The van der Waals surface area contributed by atoms with Crippen LogP contribution in [0.15, 0.2) is 30.3 Å². The van der Waals surface area contributed by atoms with Gasteiger partial charge in [-0.3, -0.25) is 4.79 Å². The zero-order valence-electron chi connectivity index (χ0n) is 15.6. The van der Waals surface area contributed by atoms with Crippen LogP contribution in [0, 0.1) is 0 Å². The summed E-state index contributed by atoms with van der Waals surface area (Å²) in [5.41, 5.74) is 0.668. The molecular formula is C19H28N2O5S. The second-order valence-electron chi connectivity index (χ2n) is 7.59. The molecule has 0 radical (unpaired) electrons. The van der Waals surface area contributed by atoms with E-state index in [1.807, 2.05) is 30.3 Å². The second kappa shape index (κ2) is 8.26. The molecule has 150 valence electrons. The molecular weight excluding hydrogens is 368 g/mol. The van der Waals surface area contributed by atoms with Crippen molar-refractivity contribution >= 4 is 15.9 Å². The molecule has 0 bridgehead atoms. The van der Waals surface area contributed by atoms with Gasteiger partial charge in [0, 0.05) is 38.9 Å². The molecule has 1 amide bonds. The van der Waals surface area contributed by atoms with Crippen molar-refractivity contribution in [3.8, 4) is 0 Å². The highest BCUT2D eigenvalue weighted by atomic mass is 32.2. The number of hydrogen-bond acceptors (Lipinski definition) is 5. The Hall–Kier alpha value is -1.48. The van der Waals surface area contributed by atoms with E-state index in [0.29, 0.717) is 38.8 Å². The van der Waals surface area contributed by atoms with Gasteiger partial charge in [-0.1, -0.05) is 30.3 Å². The minimum atomic E-state index is -3.28. The van der Waals surface area contributed by atoms with Crippen LogP contribution in [-0.4, -0.2) is 61.9 Å². The van der Waals surface area contributed by atoms with E-state index in [1.54, 1.807) is 4.90 Å². The van der Waals surface area contributed by atoms with Crippen LogP contribution >= 0.6 is 0 Å². The quantitative estimate of drug-likeness (QED) is 0.780. The SMILES string of the molecule is CS(=O)(=O)NCCC(=O)N1CCC2(CC1)C[C@H](O)C[C@H](c1ccccc1)O2. The van der Waals surface area contributed by atoms with Gasteiger partial charge in [-0.05, 0) is 18.4 Å². The first-order chi connectivity index (χ1) is 12.8. The normalized spacial score (nSPS) is 25.5. The second-order valence-corrected chi connectivity index (χ2v) is 9.42. The molecule has 27 heavy (non-hydrogen) atoms. The van der Waals surface area contributed by atoms with E-state index in [1.165, 1.54) is 0 Å². The lowest BCUT2D eigenvalue weighted by atomic mass is 9.81. The lowest BCUT2D eigenvalue weighted by Gasteiger charge is -2.48. The van der Waals surface area contributed by atoms with Crippen LogP contribution in [0.5, 0.6) is 0 Å². The van der Waals surface area contributed by atoms with Gasteiger partial charge in [-0.15, -0.1) is 0 Å². The Balaban J connectivity index is 1.56. The molecule has 2 saturated heterocycles. The molecule has 8 heteroatoms. The Labute approximate surface area is 160 Å². The molecule has 3 rings (SSSR count). The molecule has 1 aromatic carbocycles. The lowest BCUT2D eigenvalue weighted by molar-refractivity contribution is -0.185. The summed E-state index contributed by atoms with van der Waals surface area (Å²) in [6, 6.07) is 9.94. The lowest BCUT2D eigenvalue weighted by Crippen LogP contribution is -2.52. The van der Waals surface area contributed by atoms with Crippen molar-refractivity contribution < 1.29 is 23.1 Å². The number of rotatable bonds is 5. The summed E-state index contributed by atoms with van der Waals surface area (Å²) < 4.78 is 31.0. The highest BCUT2D eigenvalue weighted by molar-refractivity contribution is 7.88. The first-order valence-corrected chi connectivity index (χ1v) is 11.3. The van der Waals surface area contributed by atoms with Gasteiger partial charge in [0.1, 0.15) is 0 Å². The number of ether oxygens (including phenoxy) is 1. The van der Waals surface area contributed by atoms with Gasteiger partial charge in [-0.2, -0.15) is 0 Å². The number of hydrogen-bond donors (Lipinski definition) is 2. The van der Waals surface area contributed by atoms with E-state index >= 15 is 0 Å². The van der Waals surface area contributed by atoms with E-state index < -0.39 is 21.7 Å². The summed E-state index contributed by atoms with van der Waals surface area (Å²) in [6.07, 6.45) is 3.23. The van der Waals surface area contributed by atoms with Crippen molar-refractivity contribution in [1.82, 2.24) is 9.62 Å². The molecule has 2 N–H and O–H groups in total. The average Bonchev–Trinajstić information content (AvgIpc) is 2.61. The largest absolute Gasteiger partial charge is 0.393 e. The molecule has 1 spiro atoms. The smallest absolute Gasteiger partial charge is 0.223 e. The summed E-state index contributed by atoms with van der Waals surface area (Å²) in [5, 5.41) is 10.4. The van der Waals surface area contributed by atoms with Crippen LogP contribution in [0.3, 0.4) is 0 Å². The summed E-state index contributed by atoms with van der Waals surface area (Å²) in [5.74, 6) is -0.0584. The van der Waals surface area contributed by atoms with Crippen LogP contribution in [0.25, 0.3) is 0 Å². The number of sulfonamides is 1. The van der Waals surface area contributed by atoms with Crippen molar-refractivity contribution in [2.75, 3.05) is 25.9 Å². The van der Waals surface area contributed by atoms with Gasteiger partial charge in [0.15, 0.2) is 0 Å². The molecule has 2 aliphatic heterocycles. The summed E-state index contributed by atoms with van der Waals surface area (Å²) in [6.45, 7) is 1.24. The Kier molecular flexibility index (Phi) is 6.20. The number of aliphatic hydroxyl groups is 1. The maximum atomic E-state index is 12.3. The van der Waals surface area contributed by atoms with E-state index in [9.17, 15) is 18.3 Å². The fraction of sp³-hybridized carbons (Fsp3) is 0.632. The average molecular weight is 397 g/mol. The number of nitrogens with zero attached hydrogens (tertiary/aromatic N) is 1. The Morgan fingerprint density at radius 1 is 1.30 bits per heavy atom. The number of aliphatic hydroxyl groups excluding tert-OH is 1. The number of carbonyl (C=O) groups is 1. The van der Waals surface area contributed by atoms with Gasteiger partial charge >= 0.3 is 0 Å². The monoisotopic (exact) mass is 396 g/mol. The standard InChI is InChI=1S/C19H28N2O5S/c1-27(24,25)20-10-7-18(23)21-11-8-19(9-12-21)14-16(22)13-17(26-19)15-5-3-2-4-6-15/h2-6,16-17,20,22H,7-14H2,1H3/t16-,17-/m1/s1. The summed E-state index contributed by atoms with van der Waals surface area (Å²) in [7, 11) is -3.28. The Morgan fingerprint density at radius 3 is 2.59 bits per heavy atom. The molecule has 0 saturated carbocycles. The molecule has 0 aliphatic carbocycles. The zero-order valence-corrected chi connectivity index (χ0v) is 16.5. The van der Waals surface area contributed by atoms with Crippen molar-refractivity contribution in [3.63, 3.8) is 0 Å². The Morgan fingerprint density at radius 2 is 1.96 bits per heavy atom. The first-order valence-electron chi connectivity index (χ1n) is 9.40. The number of nitrogens with one attached hydrogen (secondary N) is 1. The third kappa shape index (κ3) is 5.51. The molecule has 2 atom stereocenters. The predicted molar refractivity (Wildman–Crippen MR) is 102 cm³/mol. The maximum Gasteiger partial charge on any atom is 0.223 e. The van der Waals surface area contributed by atoms with E-state index in [0.717, 1.165) is 11.8 Å². The predicted octanol–water partition coefficient (Wildman–Crippen LogP) is 1.20. The van der Waals surface area contributed by atoms with Crippen LogP contribution < -0.4 is 4.72 Å². The zero-order chi connectivity index (χ0) is 19.5. The van der Waals surface area contributed by atoms with Crippen LogP contribution in [0.1, 0.15) is 43.8 Å². The maximum absolute atomic E-state index is 12.3. The number of piperidine rings is 1. The third-order valence-electron chi connectivity index (χ3n) is 5.39. The Bertz CT molecular complexity index is 745. The third-order valence-corrected chi connectivity index (χ3v) is 6.12. The van der Waals surface area contributed by atoms with E-state index in [4.69, 9.17) is 4.74 Å². The van der Waals surface area contributed by atoms with E-state index in [2.05, 4.69) is 4.72 Å². The fourth-order valence-electron chi connectivity index (χ4n) is 4.02. The van der Waals surface area contributed by atoms with Crippen LogP contribution in [-0.2, 0) is 19.6 Å². The number of benzene rings is 1. The van der Waals surface area contributed by atoms with E-state index in [-0.39, 0.29) is 25.0 Å². The molecule has 1 aromatic rings. The molecule has 0 unspecified atom stereocenters. The highest BCUT2D eigenvalue weighted by Crippen LogP contribution is 2.42. The molecule has 0 aromatic heterocycles. The van der Waals surface area contributed by atoms with Crippen molar-refractivity contribution in [3.05, 3.63) is 35.9 Å².